The van der Waals surface area contributed by atoms with Crippen molar-refractivity contribution in [2.75, 3.05) is 19.6 Å². The van der Waals surface area contributed by atoms with Crippen molar-refractivity contribution < 1.29 is 24.1 Å². The fourth-order valence-electron chi connectivity index (χ4n) is 2.79. The maximum absolute atomic E-state index is 11.3. The molecular weight excluding hydrogens is 384 g/mol. The Bertz CT molecular complexity index is 1050. The Labute approximate surface area is 174 Å². The van der Waals surface area contributed by atoms with Gasteiger partial charge in [-0.05, 0) is 48.0 Å². The molecule has 0 aromatic heterocycles. The molecule has 0 aliphatic heterocycles. The smallest absolute Gasteiger partial charge is 0.337 e. The minimum atomic E-state index is -1.02. The maximum atomic E-state index is 11.3. The van der Waals surface area contributed by atoms with Crippen LogP contribution in [0.5, 0.6) is 17.2 Å². The van der Waals surface area contributed by atoms with Crippen molar-refractivity contribution in [2.45, 2.75) is 6.61 Å². The van der Waals surface area contributed by atoms with Crippen LogP contribution in [-0.2, 0) is 6.61 Å². The van der Waals surface area contributed by atoms with E-state index in [9.17, 15) is 9.90 Å². The minimum Gasteiger partial charge on any atom is -0.497 e. The van der Waals surface area contributed by atoms with Gasteiger partial charge in [-0.1, -0.05) is 18.2 Å². The number of benzene rings is 3. The molecule has 2 N–H and O–H groups in total. The number of rotatable bonds is 9. The zero-order valence-electron chi connectivity index (χ0n) is 16.7. The van der Waals surface area contributed by atoms with Crippen LogP contribution in [0.4, 0.5) is 5.69 Å². The van der Waals surface area contributed by atoms with E-state index < -0.39 is 5.97 Å². The number of nitrogens with one attached hydrogen (secondary N) is 1. The van der Waals surface area contributed by atoms with Crippen molar-refractivity contribution in [3.63, 3.8) is 0 Å². The van der Waals surface area contributed by atoms with Crippen molar-refractivity contribution in [3.05, 3.63) is 83.4 Å². The Kier molecular flexibility index (Phi) is 6.89. The highest BCUT2D eigenvalue weighted by molar-refractivity contribution is 5.94. The number of hydrogen-bond acceptors (Lipinski definition) is 6. The lowest BCUT2D eigenvalue weighted by molar-refractivity contribution is 0.0698. The van der Waals surface area contributed by atoms with Crippen molar-refractivity contribution in [3.8, 4) is 17.2 Å². The van der Waals surface area contributed by atoms with E-state index in [2.05, 4.69) is 10.5 Å². The van der Waals surface area contributed by atoms with E-state index >= 15 is 0 Å². The molecule has 0 spiro atoms. The Morgan fingerprint density at radius 3 is 2.57 bits per heavy atom. The summed E-state index contributed by atoms with van der Waals surface area (Å²) in [7, 11) is 3.20. The Hall–Kier alpha value is -4.00. The van der Waals surface area contributed by atoms with Gasteiger partial charge in [0.2, 0.25) is 0 Å². The van der Waals surface area contributed by atoms with E-state index in [1.807, 2.05) is 42.5 Å². The molecule has 0 radical (unpaired) electrons. The first-order chi connectivity index (χ1) is 14.6. The zero-order chi connectivity index (χ0) is 21.3. The molecule has 0 saturated heterocycles. The number of hydrazone groups is 1. The van der Waals surface area contributed by atoms with E-state index in [1.54, 1.807) is 38.6 Å². The molecule has 3 rings (SSSR count). The first-order valence-electron chi connectivity index (χ1n) is 9.16. The van der Waals surface area contributed by atoms with Gasteiger partial charge < -0.3 is 19.3 Å². The molecule has 30 heavy (non-hydrogen) atoms. The summed E-state index contributed by atoms with van der Waals surface area (Å²) in [6.07, 6.45) is 1.60. The van der Waals surface area contributed by atoms with Gasteiger partial charge in [0.05, 0.1) is 31.7 Å². The van der Waals surface area contributed by atoms with Crippen LogP contribution < -0.4 is 19.6 Å². The Balaban J connectivity index is 1.72. The number of ether oxygens (including phenoxy) is 3. The number of carbonyl (C=O) groups is 1. The van der Waals surface area contributed by atoms with Gasteiger partial charge in [0.25, 0.3) is 0 Å². The summed E-state index contributed by atoms with van der Waals surface area (Å²) in [6.45, 7) is 0.299. The average Bonchev–Trinajstić information content (AvgIpc) is 2.78. The third-order valence-electron chi connectivity index (χ3n) is 4.30. The molecule has 0 heterocycles. The first kappa shape index (κ1) is 20.7. The normalized spacial score (nSPS) is 10.6. The predicted molar refractivity (Wildman–Crippen MR) is 115 cm³/mol. The molecule has 0 fully saturated rings. The first-order valence-corrected chi connectivity index (χ1v) is 9.16. The number of anilines is 1. The maximum Gasteiger partial charge on any atom is 0.337 e. The standard InChI is InChI=1S/C23H22N2O5/c1-28-18-6-5-7-19(13-18)30-15-17-12-16(10-11-22(17)29-2)14-24-25-21-9-4-3-8-20(21)23(26)27/h3-14,25H,15H2,1-2H3,(H,26,27)/b24-14-. The van der Waals surface area contributed by atoms with Gasteiger partial charge in [0.15, 0.2) is 0 Å². The van der Waals surface area contributed by atoms with E-state index in [4.69, 9.17) is 14.2 Å². The number of methoxy groups -OCH3 is 2. The quantitative estimate of drug-likeness (QED) is 0.404. The number of aromatic carboxylic acids is 1. The van der Waals surface area contributed by atoms with Crippen molar-refractivity contribution in [1.82, 2.24) is 0 Å². The van der Waals surface area contributed by atoms with Crippen LogP contribution >= 0.6 is 0 Å². The number of carboxylic acids is 1. The van der Waals surface area contributed by atoms with E-state index in [0.29, 0.717) is 29.5 Å². The second-order valence-corrected chi connectivity index (χ2v) is 6.26. The van der Waals surface area contributed by atoms with Gasteiger partial charge in [0, 0.05) is 11.6 Å². The molecular formula is C23H22N2O5. The van der Waals surface area contributed by atoms with Crippen LogP contribution in [0.2, 0.25) is 0 Å². The van der Waals surface area contributed by atoms with E-state index in [0.717, 1.165) is 11.1 Å². The zero-order valence-corrected chi connectivity index (χ0v) is 16.7. The molecule has 0 aliphatic rings. The van der Waals surface area contributed by atoms with Crippen molar-refractivity contribution >= 4 is 17.9 Å². The van der Waals surface area contributed by atoms with Crippen LogP contribution in [0.25, 0.3) is 0 Å². The number of carboxylic acid groups (broad SMARTS) is 1. The third kappa shape index (κ3) is 5.29. The monoisotopic (exact) mass is 406 g/mol. The molecule has 154 valence electrons. The Morgan fingerprint density at radius 1 is 1.00 bits per heavy atom. The molecule has 3 aromatic carbocycles. The van der Waals surface area contributed by atoms with Crippen molar-refractivity contribution in [2.24, 2.45) is 5.10 Å². The Morgan fingerprint density at radius 2 is 1.80 bits per heavy atom. The van der Waals surface area contributed by atoms with E-state index in [-0.39, 0.29) is 5.56 Å². The van der Waals surface area contributed by atoms with Crippen LogP contribution in [-0.4, -0.2) is 31.5 Å². The summed E-state index contributed by atoms with van der Waals surface area (Å²) in [5, 5.41) is 13.4. The van der Waals surface area contributed by atoms with Gasteiger partial charge in [-0.25, -0.2) is 4.79 Å². The predicted octanol–water partition coefficient (Wildman–Crippen LogP) is 4.43. The fourth-order valence-corrected chi connectivity index (χ4v) is 2.79. The fraction of sp³-hybridized carbons (Fsp3) is 0.130. The molecule has 0 unspecified atom stereocenters. The summed E-state index contributed by atoms with van der Waals surface area (Å²) in [4.78, 5) is 11.3. The summed E-state index contributed by atoms with van der Waals surface area (Å²) >= 11 is 0. The van der Waals surface area contributed by atoms with Crippen LogP contribution in [0.15, 0.2) is 71.8 Å². The van der Waals surface area contributed by atoms with E-state index in [1.165, 1.54) is 6.07 Å². The highest BCUT2D eigenvalue weighted by Crippen LogP contribution is 2.24. The molecule has 0 bridgehead atoms. The van der Waals surface area contributed by atoms with Crippen LogP contribution in [0.3, 0.4) is 0 Å². The average molecular weight is 406 g/mol. The highest BCUT2D eigenvalue weighted by Gasteiger charge is 2.08. The summed E-state index contributed by atoms with van der Waals surface area (Å²) in [6, 6.07) is 19.5. The minimum absolute atomic E-state index is 0.150. The summed E-state index contributed by atoms with van der Waals surface area (Å²) in [5.41, 5.74) is 4.99. The molecule has 7 heteroatoms. The topological polar surface area (TPSA) is 89.4 Å². The molecule has 7 nitrogen and oxygen atoms in total. The lowest BCUT2D eigenvalue weighted by atomic mass is 10.1. The van der Waals surface area contributed by atoms with Gasteiger partial charge in [-0.2, -0.15) is 5.10 Å². The van der Waals surface area contributed by atoms with Gasteiger partial charge in [0.1, 0.15) is 23.9 Å². The number of nitrogens with zero attached hydrogens (tertiary/aromatic N) is 1. The lowest BCUT2D eigenvalue weighted by Crippen LogP contribution is -2.02. The molecule has 0 saturated carbocycles. The summed E-state index contributed by atoms with van der Waals surface area (Å²) in [5.74, 6) is 1.07. The van der Waals surface area contributed by atoms with Crippen LogP contribution in [0, 0.1) is 0 Å². The van der Waals surface area contributed by atoms with Crippen LogP contribution in [0.1, 0.15) is 21.5 Å². The third-order valence-corrected chi connectivity index (χ3v) is 4.30. The molecule has 3 aromatic rings. The summed E-state index contributed by atoms with van der Waals surface area (Å²) < 4.78 is 16.5. The largest absolute Gasteiger partial charge is 0.497 e. The second kappa shape index (κ2) is 9.97. The second-order valence-electron chi connectivity index (χ2n) is 6.26. The number of para-hydroxylation sites is 1. The molecule has 0 amide bonds. The van der Waals surface area contributed by atoms with Crippen molar-refractivity contribution in [1.29, 1.82) is 0 Å². The number of hydrogen-bond donors (Lipinski definition) is 2. The van der Waals surface area contributed by atoms with Gasteiger partial charge >= 0.3 is 5.97 Å². The SMILES string of the molecule is COc1cccc(OCc2cc(/C=N\Nc3ccccc3C(=O)O)ccc2OC)c1. The van der Waals surface area contributed by atoms with Gasteiger partial charge in [-0.3, -0.25) is 5.43 Å². The highest BCUT2D eigenvalue weighted by atomic mass is 16.5. The lowest BCUT2D eigenvalue weighted by Gasteiger charge is -2.12. The van der Waals surface area contributed by atoms with Gasteiger partial charge in [-0.15, -0.1) is 0 Å². The molecule has 0 aliphatic carbocycles. The molecule has 0 atom stereocenters.